The van der Waals surface area contributed by atoms with Gasteiger partial charge in [0.1, 0.15) is 6.10 Å². The molecule has 0 aliphatic heterocycles. The van der Waals surface area contributed by atoms with Crippen LogP contribution in [0.5, 0.6) is 0 Å². The van der Waals surface area contributed by atoms with Gasteiger partial charge in [-0.15, -0.1) is 0 Å². The van der Waals surface area contributed by atoms with Gasteiger partial charge in [-0.3, -0.25) is 4.79 Å². The van der Waals surface area contributed by atoms with Crippen molar-refractivity contribution in [2.75, 3.05) is 26.7 Å². The van der Waals surface area contributed by atoms with E-state index in [1.54, 1.807) is 0 Å². The SMILES string of the molecule is CC(OCC1CC1)C(=O)NCCN(C)C1CCCCC1. The van der Waals surface area contributed by atoms with Gasteiger partial charge in [-0.25, -0.2) is 0 Å². The number of hydrogen-bond acceptors (Lipinski definition) is 3. The highest BCUT2D eigenvalue weighted by atomic mass is 16.5. The van der Waals surface area contributed by atoms with Crippen LogP contribution in [-0.2, 0) is 9.53 Å². The second kappa shape index (κ2) is 7.99. The molecule has 2 aliphatic carbocycles. The lowest BCUT2D eigenvalue weighted by Crippen LogP contribution is -2.42. The molecule has 0 aromatic carbocycles. The second-order valence-corrected chi connectivity index (χ2v) is 6.48. The van der Waals surface area contributed by atoms with Crippen molar-refractivity contribution < 1.29 is 9.53 Å². The van der Waals surface area contributed by atoms with Crippen LogP contribution in [0.2, 0.25) is 0 Å². The van der Waals surface area contributed by atoms with E-state index in [-0.39, 0.29) is 12.0 Å². The third-order valence-electron chi connectivity index (χ3n) is 4.61. The summed E-state index contributed by atoms with van der Waals surface area (Å²) in [6.45, 7) is 4.26. The summed E-state index contributed by atoms with van der Waals surface area (Å²) in [5.41, 5.74) is 0. The van der Waals surface area contributed by atoms with Crippen LogP contribution in [0, 0.1) is 5.92 Å². The van der Waals surface area contributed by atoms with Gasteiger partial charge in [0.15, 0.2) is 0 Å². The third-order valence-corrected chi connectivity index (χ3v) is 4.61. The van der Waals surface area contributed by atoms with Crippen LogP contribution >= 0.6 is 0 Å². The first-order valence-electron chi connectivity index (χ1n) is 8.26. The van der Waals surface area contributed by atoms with E-state index in [1.807, 2.05) is 6.92 Å². The van der Waals surface area contributed by atoms with Gasteiger partial charge in [0.05, 0.1) is 6.61 Å². The van der Waals surface area contributed by atoms with Crippen molar-refractivity contribution in [1.82, 2.24) is 10.2 Å². The summed E-state index contributed by atoms with van der Waals surface area (Å²) >= 11 is 0. The minimum absolute atomic E-state index is 0.0303. The monoisotopic (exact) mass is 282 g/mol. The Bertz CT molecular complexity index is 299. The lowest BCUT2D eigenvalue weighted by atomic mass is 9.94. The topological polar surface area (TPSA) is 41.6 Å². The van der Waals surface area contributed by atoms with E-state index in [4.69, 9.17) is 4.74 Å². The molecule has 2 rings (SSSR count). The number of likely N-dealkylation sites (N-methyl/N-ethyl adjacent to an activating group) is 1. The Hall–Kier alpha value is -0.610. The van der Waals surface area contributed by atoms with Gasteiger partial charge in [0.25, 0.3) is 0 Å². The van der Waals surface area contributed by atoms with Gasteiger partial charge < -0.3 is 15.0 Å². The van der Waals surface area contributed by atoms with Crippen LogP contribution in [0.25, 0.3) is 0 Å². The number of carbonyl (C=O) groups is 1. The average molecular weight is 282 g/mol. The van der Waals surface area contributed by atoms with Crippen molar-refractivity contribution in [2.45, 2.75) is 64.0 Å². The highest BCUT2D eigenvalue weighted by Crippen LogP contribution is 2.29. The molecule has 0 radical (unpaired) electrons. The summed E-state index contributed by atoms with van der Waals surface area (Å²) in [7, 11) is 2.18. The Morgan fingerprint density at radius 2 is 1.95 bits per heavy atom. The molecule has 1 atom stereocenters. The molecule has 0 heterocycles. The maximum atomic E-state index is 11.9. The molecule has 0 aromatic rings. The zero-order valence-corrected chi connectivity index (χ0v) is 13.1. The summed E-state index contributed by atoms with van der Waals surface area (Å²) in [6, 6.07) is 0.712. The van der Waals surface area contributed by atoms with Crippen molar-refractivity contribution >= 4 is 5.91 Å². The van der Waals surface area contributed by atoms with Crippen LogP contribution in [0.1, 0.15) is 51.9 Å². The summed E-state index contributed by atoms with van der Waals surface area (Å²) < 4.78 is 5.58. The number of nitrogens with zero attached hydrogens (tertiary/aromatic N) is 1. The number of ether oxygens (including phenoxy) is 1. The van der Waals surface area contributed by atoms with E-state index in [9.17, 15) is 4.79 Å². The zero-order chi connectivity index (χ0) is 14.4. The van der Waals surface area contributed by atoms with E-state index in [0.29, 0.717) is 12.0 Å². The summed E-state index contributed by atoms with van der Waals surface area (Å²) in [6.07, 6.45) is 8.94. The lowest BCUT2D eigenvalue weighted by Gasteiger charge is -2.31. The zero-order valence-electron chi connectivity index (χ0n) is 13.1. The molecule has 0 aromatic heterocycles. The molecule has 1 unspecified atom stereocenters. The van der Waals surface area contributed by atoms with E-state index in [1.165, 1.54) is 44.9 Å². The van der Waals surface area contributed by atoms with E-state index >= 15 is 0 Å². The number of amides is 1. The summed E-state index contributed by atoms with van der Waals surface area (Å²) in [4.78, 5) is 14.3. The highest BCUT2D eigenvalue weighted by molar-refractivity contribution is 5.80. The van der Waals surface area contributed by atoms with Gasteiger partial charge in [0, 0.05) is 19.1 Å². The lowest BCUT2D eigenvalue weighted by molar-refractivity contribution is -0.132. The Labute approximate surface area is 123 Å². The number of hydrogen-bond donors (Lipinski definition) is 1. The fourth-order valence-electron chi connectivity index (χ4n) is 2.84. The molecule has 4 heteroatoms. The van der Waals surface area contributed by atoms with Crippen LogP contribution in [0.3, 0.4) is 0 Å². The molecule has 20 heavy (non-hydrogen) atoms. The first kappa shape index (κ1) is 15.8. The molecule has 1 N–H and O–H groups in total. The Balaban J connectivity index is 1.55. The number of rotatable bonds is 8. The molecule has 2 saturated carbocycles. The Kier molecular flexibility index (Phi) is 6.30. The average Bonchev–Trinajstić information content (AvgIpc) is 3.29. The second-order valence-electron chi connectivity index (χ2n) is 6.48. The predicted octanol–water partition coefficient (Wildman–Crippen LogP) is 2.18. The van der Waals surface area contributed by atoms with Gasteiger partial charge in [-0.2, -0.15) is 0 Å². The molecule has 0 bridgehead atoms. The smallest absolute Gasteiger partial charge is 0.248 e. The molecule has 2 fully saturated rings. The summed E-state index contributed by atoms with van der Waals surface area (Å²) in [5, 5.41) is 2.99. The van der Waals surface area contributed by atoms with Crippen molar-refractivity contribution in [2.24, 2.45) is 5.92 Å². The van der Waals surface area contributed by atoms with E-state index in [2.05, 4.69) is 17.3 Å². The molecular formula is C16H30N2O2. The van der Waals surface area contributed by atoms with Crippen molar-refractivity contribution in [3.63, 3.8) is 0 Å². The quantitative estimate of drug-likeness (QED) is 0.742. The van der Waals surface area contributed by atoms with Crippen LogP contribution in [0.4, 0.5) is 0 Å². The normalized spacial score (nSPS) is 21.9. The Morgan fingerprint density at radius 1 is 1.25 bits per heavy atom. The fourth-order valence-corrected chi connectivity index (χ4v) is 2.84. The van der Waals surface area contributed by atoms with Gasteiger partial charge in [-0.1, -0.05) is 19.3 Å². The largest absolute Gasteiger partial charge is 0.368 e. The minimum Gasteiger partial charge on any atom is -0.368 e. The van der Waals surface area contributed by atoms with Crippen molar-refractivity contribution in [1.29, 1.82) is 0 Å². The molecule has 4 nitrogen and oxygen atoms in total. The molecule has 1 amide bonds. The van der Waals surface area contributed by atoms with Crippen LogP contribution in [-0.4, -0.2) is 49.7 Å². The first-order valence-corrected chi connectivity index (χ1v) is 8.26. The molecule has 0 saturated heterocycles. The van der Waals surface area contributed by atoms with Gasteiger partial charge in [0.2, 0.25) is 5.91 Å². The number of nitrogens with one attached hydrogen (secondary N) is 1. The predicted molar refractivity (Wildman–Crippen MR) is 80.7 cm³/mol. The van der Waals surface area contributed by atoms with E-state index < -0.39 is 0 Å². The van der Waals surface area contributed by atoms with Gasteiger partial charge >= 0.3 is 0 Å². The summed E-state index contributed by atoms with van der Waals surface area (Å²) in [5.74, 6) is 0.741. The third kappa shape index (κ3) is 5.41. The number of carbonyl (C=O) groups excluding carboxylic acids is 1. The molecule has 116 valence electrons. The maximum absolute atomic E-state index is 11.9. The molecular weight excluding hydrogens is 252 g/mol. The highest BCUT2D eigenvalue weighted by Gasteiger charge is 2.24. The standard InChI is InChI=1S/C16H30N2O2/c1-13(20-12-14-8-9-14)16(19)17-10-11-18(2)15-6-4-3-5-7-15/h13-15H,3-12H2,1-2H3,(H,17,19). The fraction of sp³-hybridized carbons (Fsp3) is 0.938. The van der Waals surface area contributed by atoms with Crippen LogP contribution < -0.4 is 5.32 Å². The van der Waals surface area contributed by atoms with Crippen LogP contribution in [0.15, 0.2) is 0 Å². The maximum Gasteiger partial charge on any atom is 0.248 e. The first-order chi connectivity index (χ1) is 9.66. The minimum atomic E-state index is -0.310. The van der Waals surface area contributed by atoms with Crippen molar-refractivity contribution in [3.8, 4) is 0 Å². The Morgan fingerprint density at radius 3 is 2.60 bits per heavy atom. The molecule has 0 spiro atoms. The van der Waals surface area contributed by atoms with Gasteiger partial charge in [-0.05, 0) is 45.6 Å². The van der Waals surface area contributed by atoms with Crippen molar-refractivity contribution in [3.05, 3.63) is 0 Å². The molecule has 2 aliphatic rings. The van der Waals surface area contributed by atoms with E-state index in [0.717, 1.165) is 19.7 Å².